The largest absolute Gasteiger partial charge is 0.444 e. The second kappa shape index (κ2) is 7.74. The number of nitrogens with zero attached hydrogens (tertiary/aromatic N) is 2. The summed E-state index contributed by atoms with van der Waals surface area (Å²) in [5, 5.41) is 0.118. The molecule has 3 rings (SSSR count). The maximum absolute atomic E-state index is 12.4. The zero-order valence-corrected chi connectivity index (χ0v) is 17.4. The molecule has 1 aromatic rings. The van der Waals surface area contributed by atoms with Gasteiger partial charge in [0.1, 0.15) is 5.60 Å². The van der Waals surface area contributed by atoms with Crippen molar-refractivity contribution in [3.8, 4) is 0 Å². The highest BCUT2D eigenvalue weighted by Gasteiger charge is 2.42. The molecule has 2 amide bonds. The molecular weight excluding hydrogens is 360 g/mol. The van der Waals surface area contributed by atoms with Gasteiger partial charge in [-0.1, -0.05) is 30.3 Å². The van der Waals surface area contributed by atoms with E-state index >= 15 is 0 Å². The second-order valence-electron chi connectivity index (χ2n) is 8.75. The monoisotopic (exact) mass is 390 g/mol. The minimum absolute atomic E-state index is 0.118. The Balaban J connectivity index is 1.76. The SMILES string of the molecule is CC(C)(C)OC(=O)N1CCC(CN2CC(S)CC2=O)(c2ccccc2)CC1. The fraction of sp³-hybridized carbons (Fsp3) is 0.619. The molecule has 2 aliphatic heterocycles. The van der Waals surface area contributed by atoms with Gasteiger partial charge in [0.2, 0.25) is 5.91 Å². The zero-order valence-electron chi connectivity index (χ0n) is 16.5. The summed E-state index contributed by atoms with van der Waals surface area (Å²) in [5.74, 6) is 0.180. The van der Waals surface area contributed by atoms with E-state index in [4.69, 9.17) is 4.74 Å². The Morgan fingerprint density at radius 2 is 1.85 bits per heavy atom. The molecule has 148 valence electrons. The third-order valence-electron chi connectivity index (χ3n) is 5.45. The molecule has 2 aliphatic rings. The number of thiol groups is 1. The molecule has 1 unspecified atom stereocenters. The van der Waals surface area contributed by atoms with Gasteiger partial charge >= 0.3 is 6.09 Å². The molecule has 2 saturated heterocycles. The minimum Gasteiger partial charge on any atom is -0.444 e. The van der Waals surface area contributed by atoms with Crippen LogP contribution in [-0.2, 0) is 14.9 Å². The maximum Gasteiger partial charge on any atom is 0.410 e. The van der Waals surface area contributed by atoms with Crippen LogP contribution >= 0.6 is 12.6 Å². The van der Waals surface area contributed by atoms with Crippen LogP contribution in [0.15, 0.2) is 30.3 Å². The van der Waals surface area contributed by atoms with Crippen molar-refractivity contribution in [3.63, 3.8) is 0 Å². The van der Waals surface area contributed by atoms with Crippen LogP contribution in [0.4, 0.5) is 4.79 Å². The summed E-state index contributed by atoms with van der Waals surface area (Å²) in [6.45, 7) is 8.32. The summed E-state index contributed by atoms with van der Waals surface area (Å²) in [6, 6.07) is 10.4. The van der Waals surface area contributed by atoms with E-state index in [0.29, 0.717) is 32.6 Å². The lowest BCUT2D eigenvalue weighted by Crippen LogP contribution is -2.51. The zero-order chi connectivity index (χ0) is 19.7. The summed E-state index contributed by atoms with van der Waals surface area (Å²) in [5.41, 5.74) is 0.617. The Kier molecular flexibility index (Phi) is 5.75. The number of piperidine rings is 1. The number of carbonyl (C=O) groups excluding carboxylic acids is 2. The molecule has 5 nitrogen and oxygen atoms in total. The second-order valence-corrected chi connectivity index (χ2v) is 9.48. The first-order valence-electron chi connectivity index (χ1n) is 9.68. The van der Waals surface area contributed by atoms with Crippen LogP contribution in [0.1, 0.15) is 45.6 Å². The van der Waals surface area contributed by atoms with Crippen LogP contribution in [0.25, 0.3) is 0 Å². The van der Waals surface area contributed by atoms with Crippen LogP contribution in [0.2, 0.25) is 0 Å². The Bertz CT molecular complexity index is 678. The number of hydrogen-bond donors (Lipinski definition) is 1. The molecule has 0 aliphatic carbocycles. The van der Waals surface area contributed by atoms with Crippen LogP contribution in [0.5, 0.6) is 0 Å². The molecule has 1 aromatic carbocycles. The van der Waals surface area contributed by atoms with E-state index in [0.717, 1.165) is 12.8 Å². The van der Waals surface area contributed by atoms with Crippen LogP contribution in [0.3, 0.4) is 0 Å². The smallest absolute Gasteiger partial charge is 0.410 e. The lowest BCUT2D eigenvalue weighted by molar-refractivity contribution is -0.128. The van der Waals surface area contributed by atoms with Gasteiger partial charge in [-0.3, -0.25) is 4.79 Å². The average molecular weight is 391 g/mol. The lowest BCUT2D eigenvalue weighted by Gasteiger charge is -2.44. The van der Waals surface area contributed by atoms with Crippen molar-refractivity contribution >= 4 is 24.6 Å². The van der Waals surface area contributed by atoms with Crippen LogP contribution in [-0.4, -0.2) is 58.8 Å². The van der Waals surface area contributed by atoms with Gasteiger partial charge in [-0.05, 0) is 39.2 Å². The first-order valence-corrected chi connectivity index (χ1v) is 10.2. The quantitative estimate of drug-likeness (QED) is 0.804. The van der Waals surface area contributed by atoms with E-state index in [1.165, 1.54) is 5.56 Å². The van der Waals surface area contributed by atoms with Gasteiger partial charge in [0, 0.05) is 43.3 Å². The molecular formula is C21H30N2O3S. The van der Waals surface area contributed by atoms with Gasteiger partial charge in [-0.15, -0.1) is 0 Å². The third-order valence-corrected chi connectivity index (χ3v) is 5.79. The number of hydrogen-bond acceptors (Lipinski definition) is 4. The van der Waals surface area contributed by atoms with Crippen molar-refractivity contribution in [3.05, 3.63) is 35.9 Å². The molecule has 27 heavy (non-hydrogen) atoms. The highest BCUT2D eigenvalue weighted by Crippen LogP contribution is 2.38. The van der Waals surface area contributed by atoms with Gasteiger partial charge < -0.3 is 14.5 Å². The van der Waals surface area contributed by atoms with Crippen molar-refractivity contribution < 1.29 is 14.3 Å². The minimum atomic E-state index is -0.491. The van der Waals surface area contributed by atoms with Crippen molar-refractivity contribution in [1.82, 2.24) is 9.80 Å². The maximum atomic E-state index is 12.4. The number of rotatable bonds is 3. The number of benzene rings is 1. The molecule has 2 heterocycles. The predicted octanol–water partition coefficient (Wildman–Crippen LogP) is 3.49. The first kappa shape index (κ1) is 20.1. The molecule has 0 aromatic heterocycles. The lowest BCUT2D eigenvalue weighted by atomic mass is 9.72. The highest BCUT2D eigenvalue weighted by atomic mass is 32.1. The summed E-state index contributed by atoms with van der Waals surface area (Å²) < 4.78 is 5.53. The first-order chi connectivity index (χ1) is 12.7. The van der Waals surface area contributed by atoms with E-state index in [1.54, 1.807) is 4.90 Å². The van der Waals surface area contributed by atoms with Gasteiger partial charge in [0.25, 0.3) is 0 Å². The van der Waals surface area contributed by atoms with Crippen LogP contribution < -0.4 is 0 Å². The summed E-state index contributed by atoms with van der Waals surface area (Å²) in [7, 11) is 0. The molecule has 0 spiro atoms. The van der Waals surface area contributed by atoms with Crippen molar-refractivity contribution in [2.45, 2.75) is 56.3 Å². The predicted molar refractivity (Wildman–Crippen MR) is 109 cm³/mol. The number of likely N-dealkylation sites (tertiary alicyclic amines) is 2. The van der Waals surface area contributed by atoms with E-state index in [2.05, 4.69) is 24.8 Å². The van der Waals surface area contributed by atoms with Gasteiger partial charge in [-0.25, -0.2) is 4.79 Å². The summed E-state index contributed by atoms with van der Waals surface area (Å²) >= 11 is 4.49. The summed E-state index contributed by atoms with van der Waals surface area (Å²) in [6.07, 6.45) is 1.89. The molecule has 0 saturated carbocycles. The molecule has 0 radical (unpaired) electrons. The Hall–Kier alpha value is -1.69. The number of amides is 2. The Morgan fingerprint density at radius 1 is 1.22 bits per heavy atom. The van der Waals surface area contributed by atoms with E-state index in [1.807, 2.05) is 43.9 Å². The van der Waals surface area contributed by atoms with Crippen molar-refractivity contribution in [1.29, 1.82) is 0 Å². The fourth-order valence-electron chi connectivity index (χ4n) is 4.04. The number of ether oxygens (including phenoxy) is 1. The van der Waals surface area contributed by atoms with E-state index in [-0.39, 0.29) is 22.7 Å². The third kappa shape index (κ3) is 4.78. The fourth-order valence-corrected chi connectivity index (χ4v) is 4.40. The summed E-state index contributed by atoms with van der Waals surface area (Å²) in [4.78, 5) is 28.5. The van der Waals surface area contributed by atoms with Gasteiger partial charge in [-0.2, -0.15) is 12.6 Å². The number of carbonyl (C=O) groups is 2. The molecule has 0 bridgehead atoms. The normalized spacial score (nSPS) is 22.8. The highest BCUT2D eigenvalue weighted by molar-refractivity contribution is 7.81. The van der Waals surface area contributed by atoms with E-state index < -0.39 is 5.60 Å². The Labute approximate surface area is 167 Å². The van der Waals surface area contributed by atoms with Gasteiger partial charge in [0.15, 0.2) is 0 Å². The molecule has 2 fully saturated rings. The molecule has 6 heteroatoms. The van der Waals surface area contributed by atoms with E-state index in [9.17, 15) is 9.59 Å². The molecule has 1 atom stereocenters. The standard InChI is InChI=1S/C21H30N2O3S/c1-20(2,3)26-19(25)22-11-9-21(10-12-22,16-7-5-4-6-8-16)15-23-14-17(27)13-18(23)24/h4-8,17,27H,9-15H2,1-3H3. The average Bonchev–Trinajstić information content (AvgIpc) is 2.92. The van der Waals surface area contributed by atoms with Gasteiger partial charge in [0.05, 0.1) is 0 Å². The van der Waals surface area contributed by atoms with Crippen LogP contribution in [0, 0.1) is 0 Å². The molecule has 0 N–H and O–H groups in total. The Morgan fingerprint density at radius 3 is 2.37 bits per heavy atom. The van der Waals surface area contributed by atoms with Crippen molar-refractivity contribution in [2.24, 2.45) is 0 Å². The van der Waals surface area contributed by atoms with Crippen molar-refractivity contribution in [2.75, 3.05) is 26.2 Å². The topological polar surface area (TPSA) is 49.9 Å².